The third-order valence-corrected chi connectivity index (χ3v) is 3.43. The van der Waals surface area contributed by atoms with Gasteiger partial charge in [0.25, 0.3) is 5.69 Å². The van der Waals surface area contributed by atoms with Gasteiger partial charge in [0.1, 0.15) is 18.2 Å². The lowest BCUT2D eigenvalue weighted by atomic mass is 10.1. The second kappa shape index (κ2) is 8.12. The van der Waals surface area contributed by atoms with Crippen LogP contribution >= 0.6 is 12.4 Å². The first kappa shape index (κ1) is 17.5. The number of H-pyrrole nitrogens is 1. The van der Waals surface area contributed by atoms with Crippen molar-refractivity contribution in [3.05, 3.63) is 88.0 Å². The third kappa shape index (κ3) is 4.33. The van der Waals surface area contributed by atoms with Crippen LogP contribution < -0.4 is 4.74 Å². The number of para-hydroxylation sites is 1. The molecule has 2 aromatic carbocycles. The van der Waals surface area contributed by atoms with Crippen LogP contribution in [-0.2, 0) is 13.0 Å². The summed E-state index contributed by atoms with van der Waals surface area (Å²) >= 11 is 0. The van der Waals surface area contributed by atoms with Gasteiger partial charge < -0.3 is 9.72 Å². The standard InChI is InChI=1S/C17H15N3O3.ClH/c21-20(22)16-4-2-1-3-14(16)12-23-15-7-5-13(6-8-15)11-17-18-9-10-19-17;/h1-10H,11-12H2,(H,18,19);1H. The van der Waals surface area contributed by atoms with Crippen LogP contribution in [0.4, 0.5) is 5.69 Å². The molecule has 0 bridgehead atoms. The van der Waals surface area contributed by atoms with Gasteiger partial charge in [-0.2, -0.15) is 0 Å². The normalized spacial score (nSPS) is 10.0. The minimum atomic E-state index is -0.398. The third-order valence-electron chi connectivity index (χ3n) is 3.43. The van der Waals surface area contributed by atoms with Gasteiger partial charge in [0.2, 0.25) is 0 Å². The molecule has 0 aliphatic rings. The molecule has 0 unspecified atom stereocenters. The summed E-state index contributed by atoms with van der Waals surface area (Å²) in [7, 11) is 0. The topological polar surface area (TPSA) is 81.1 Å². The van der Waals surface area contributed by atoms with Gasteiger partial charge in [-0.3, -0.25) is 10.1 Å². The largest absolute Gasteiger partial charge is 0.489 e. The molecule has 0 radical (unpaired) electrons. The molecule has 1 N–H and O–H groups in total. The highest BCUT2D eigenvalue weighted by molar-refractivity contribution is 5.85. The second-order valence-corrected chi connectivity index (χ2v) is 5.03. The Labute approximate surface area is 145 Å². The maximum atomic E-state index is 11.0. The molecule has 0 saturated carbocycles. The van der Waals surface area contributed by atoms with E-state index in [2.05, 4.69) is 9.97 Å². The van der Waals surface area contributed by atoms with Gasteiger partial charge in [0.05, 0.1) is 10.5 Å². The number of imidazole rings is 1. The van der Waals surface area contributed by atoms with Crippen LogP contribution in [0.1, 0.15) is 17.0 Å². The lowest BCUT2D eigenvalue weighted by Crippen LogP contribution is -2.00. The fourth-order valence-electron chi connectivity index (χ4n) is 2.26. The SMILES string of the molecule is Cl.O=[N+]([O-])c1ccccc1COc1ccc(Cc2ncc[nH]2)cc1. The molecule has 24 heavy (non-hydrogen) atoms. The van der Waals surface area contributed by atoms with Gasteiger partial charge in [-0.1, -0.05) is 24.3 Å². The summed E-state index contributed by atoms with van der Waals surface area (Å²) in [6.45, 7) is 0.161. The van der Waals surface area contributed by atoms with Crippen molar-refractivity contribution >= 4 is 18.1 Å². The van der Waals surface area contributed by atoms with Crippen LogP contribution in [0.25, 0.3) is 0 Å². The van der Waals surface area contributed by atoms with E-state index in [0.29, 0.717) is 11.3 Å². The first-order chi connectivity index (χ1) is 11.2. The molecule has 0 amide bonds. The average molecular weight is 346 g/mol. The molecular weight excluding hydrogens is 330 g/mol. The van der Waals surface area contributed by atoms with Crippen molar-refractivity contribution in [2.24, 2.45) is 0 Å². The number of nitro groups is 1. The van der Waals surface area contributed by atoms with E-state index in [4.69, 9.17) is 4.74 Å². The molecule has 3 rings (SSSR count). The highest BCUT2D eigenvalue weighted by atomic mass is 35.5. The summed E-state index contributed by atoms with van der Waals surface area (Å²) in [5.74, 6) is 1.57. The first-order valence-corrected chi connectivity index (χ1v) is 7.14. The van der Waals surface area contributed by atoms with E-state index in [-0.39, 0.29) is 24.7 Å². The molecule has 0 fully saturated rings. The Bertz CT molecular complexity index is 789. The molecular formula is C17H16ClN3O3. The van der Waals surface area contributed by atoms with Gasteiger partial charge >= 0.3 is 0 Å². The minimum Gasteiger partial charge on any atom is -0.489 e. The molecule has 0 saturated heterocycles. The maximum absolute atomic E-state index is 11.0. The van der Waals surface area contributed by atoms with Gasteiger partial charge in [0.15, 0.2) is 0 Å². The van der Waals surface area contributed by atoms with E-state index in [9.17, 15) is 10.1 Å². The summed E-state index contributed by atoms with van der Waals surface area (Å²) in [6.07, 6.45) is 4.23. The number of rotatable bonds is 6. The molecule has 0 spiro atoms. The first-order valence-electron chi connectivity index (χ1n) is 7.14. The van der Waals surface area contributed by atoms with Crippen LogP contribution in [0.2, 0.25) is 0 Å². The summed E-state index contributed by atoms with van der Waals surface area (Å²) < 4.78 is 5.65. The molecule has 6 nitrogen and oxygen atoms in total. The number of halogens is 1. The van der Waals surface area contributed by atoms with E-state index >= 15 is 0 Å². The zero-order valence-corrected chi connectivity index (χ0v) is 13.5. The van der Waals surface area contributed by atoms with E-state index in [1.165, 1.54) is 6.07 Å². The van der Waals surface area contributed by atoms with Crippen molar-refractivity contribution in [2.75, 3.05) is 0 Å². The molecule has 0 atom stereocenters. The lowest BCUT2D eigenvalue weighted by Gasteiger charge is -2.07. The Morgan fingerprint density at radius 1 is 1.12 bits per heavy atom. The van der Waals surface area contributed by atoms with E-state index in [1.807, 2.05) is 24.3 Å². The number of hydrogen-bond donors (Lipinski definition) is 1. The van der Waals surface area contributed by atoms with Crippen molar-refractivity contribution < 1.29 is 9.66 Å². The molecule has 3 aromatic rings. The fraction of sp³-hybridized carbons (Fsp3) is 0.118. The molecule has 0 aliphatic heterocycles. The summed E-state index contributed by atoms with van der Waals surface area (Å²) in [5.41, 5.74) is 1.73. The highest BCUT2D eigenvalue weighted by Gasteiger charge is 2.12. The monoisotopic (exact) mass is 345 g/mol. The van der Waals surface area contributed by atoms with Crippen molar-refractivity contribution in [2.45, 2.75) is 13.0 Å². The smallest absolute Gasteiger partial charge is 0.276 e. The van der Waals surface area contributed by atoms with E-state index < -0.39 is 4.92 Å². The fourth-order valence-corrected chi connectivity index (χ4v) is 2.26. The van der Waals surface area contributed by atoms with Crippen molar-refractivity contribution in [3.8, 4) is 5.75 Å². The summed E-state index contributed by atoms with van der Waals surface area (Å²) in [5, 5.41) is 11.0. The number of aromatic amines is 1. The summed E-state index contributed by atoms with van der Waals surface area (Å²) in [6, 6.07) is 14.2. The predicted molar refractivity (Wildman–Crippen MR) is 92.5 cm³/mol. The second-order valence-electron chi connectivity index (χ2n) is 5.03. The van der Waals surface area contributed by atoms with Gasteiger partial charge in [-0.05, 0) is 23.8 Å². The zero-order valence-electron chi connectivity index (χ0n) is 12.7. The Balaban J connectivity index is 0.00000208. The minimum absolute atomic E-state index is 0. The number of nitrogens with zero attached hydrogens (tertiary/aromatic N) is 2. The highest BCUT2D eigenvalue weighted by Crippen LogP contribution is 2.21. The number of aromatic nitrogens is 2. The maximum Gasteiger partial charge on any atom is 0.276 e. The predicted octanol–water partition coefficient (Wildman–Crippen LogP) is 3.91. The van der Waals surface area contributed by atoms with Crippen LogP contribution in [0.5, 0.6) is 5.75 Å². The quantitative estimate of drug-likeness (QED) is 0.542. The van der Waals surface area contributed by atoms with Crippen LogP contribution in [-0.4, -0.2) is 14.9 Å². The van der Waals surface area contributed by atoms with Gasteiger partial charge in [0, 0.05) is 24.9 Å². The zero-order chi connectivity index (χ0) is 16.1. The Morgan fingerprint density at radius 3 is 2.54 bits per heavy atom. The Kier molecular flexibility index (Phi) is 5.92. The molecule has 7 heteroatoms. The van der Waals surface area contributed by atoms with Crippen LogP contribution in [0.15, 0.2) is 60.9 Å². The molecule has 124 valence electrons. The van der Waals surface area contributed by atoms with Crippen molar-refractivity contribution in [1.82, 2.24) is 9.97 Å². The van der Waals surface area contributed by atoms with Gasteiger partial charge in [-0.25, -0.2) is 4.98 Å². The molecule has 1 aromatic heterocycles. The average Bonchev–Trinajstić information content (AvgIpc) is 3.07. The molecule has 1 heterocycles. The number of hydrogen-bond acceptors (Lipinski definition) is 4. The Morgan fingerprint density at radius 2 is 1.88 bits per heavy atom. The van der Waals surface area contributed by atoms with E-state index in [0.717, 1.165) is 17.8 Å². The number of nitrogens with one attached hydrogen (secondary N) is 1. The van der Waals surface area contributed by atoms with Crippen molar-refractivity contribution in [3.63, 3.8) is 0 Å². The molecule has 0 aliphatic carbocycles. The van der Waals surface area contributed by atoms with Crippen LogP contribution in [0.3, 0.4) is 0 Å². The lowest BCUT2D eigenvalue weighted by molar-refractivity contribution is -0.385. The summed E-state index contributed by atoms with van der Waals surface area (Å²) in [4.78, 5) is 17.8. The van der Waals surface area contributed by atoms with Gasteiger partial charge in [-0.15, -0.1) is 12.4 Å². The number of nitro benzene ring substituents is 1. The number of benzene rings is 2. The Hall–Kier alpha value is -2.86. The van der Waals surface area contributed by atoms with E-state index in [1.54, 1.807) is 30.6 Å². The number of ether oxygens (including phenoxy) is 1. The van der Waals surface area contributed by atoms with Crippen LogP contribution in [0, 0.1) is 10.1 Å². The van der Waals surface area contributed by atoms with Crippen molar-refractivity contribution in [1.29, 1.82) is 0 Å².